The molecular formula is C13H12Cl2N2O2S. The van der Waals surface area contributed by atoms with E-state index in [4.69, 9.17) is 23.2 Å². The second-order valence-electron chi connectivity index (χ2n) is 4.26. The number of phenols is 1. The van der Waals surface area contributed by atoms with Gasteiger partial charge in [-0.2, -0.15) is 0 Å². The zero-order valence-electron chi connectivity index (χ0n) is 10.9. The topological polar surface area (TPSA) is 53.4 Å². The highest BCUT2D eigenvalue weighted by atomic mass is 35.5. The van der Waals surface area contributed by atoms with E-state index < -0.39 is 0 Å². The van der Waals surface area contributed by atoms with Gasteiger partial charge in [-0.05, 0) is 19.1 Å². The number of nitrogens with zero attached hydrogens (tertiary/aromatic N) is 2. The third kappa shape index (κ3) is 3.06. The van der Waals surface area contributed by atoms with Crippen molar-refractivity contribution < 1.29 is 9.90 Å². The minimum absolute atomic E-state index is 0.0143. The van der Waals surface area contributed by atoms with Crippen LogP contribution in [0.25, 0.3) is 0 Å². The van der Waals surface area contributed by atoms with Gasteiger partial charge in [0.15, 0.2) is 0 Å². The van der Waals surface area contributed by atoms with Gasteiger partial charge in [0.25, 0.3) is 5.91 Å². The number of carbonyl (C=O) groups is 1. The summed E-state index contributed by atoms with van der Waals surface area (Å²) in [6, 6.07) is 2.95. The first-order valence-corrected chi connectivity index (χ1v) is 7.31. The van der Waals surface area contributed by atoms with Crippen molar-refractivity contribution in [3.05, 3.63) is 43.8 Å². The molecule has 0 saturated heterocycles. The molecule has 20 heavy (non-hydrogen) atoms. The highest BCUT2D eigenvalue weighted by molar-refractivity contribution is 7.11. The van der Waals surface area contributed by atoms with Crippen LogP contribution in [0.3, 0.4) is 0 Å². The lowest BCUT2D eigenvalue weighted by atomic mass is 10.1. The van der Waals surface area contributed by atoms with Gasteiger partial charge < -0.3 is 10.0 Å². The monoisotopic (exact) mass is 330 g/mol. The molecule has 106 valence electrons. The smallest absolute Gasteiger partial charge is 0.257 e. The molecular weight excluding hydrogens is 319 g/mol. The van der Waals surface area contributed by atoms with Gasteiger partial charge in [-0.1, -0.05) is 23.2 Å². The van der Waals surface area contributed by atoms with Crippen molar-refractivity contribution in [3.8, 4) is 5.75 Å². The second-order valence-corrected chi connectivity index (χ2v) is 6.37. The molecule has 1 heterocycles. The molecule has 0 radical (unpaired) electrons. The lowest BCUT2D eigenvalue weighted by molar-refractivity contribution is 0.0783. The lowest BCUT2D eigenvalue weighted by Gasteiger charge is -2.17. The molecule has 0 atom stereocenters. The molecule has 0 unspecified atom stereocenters. The Bertz CT molecular complexity index is 658. The Morgan fingerprint density at radius 1 is 1.45 bits per heavy atom. The number of phenolic OH excluding ortho intramolecular Hbond substituents is 1. The number of hydrogen-bond acceptors (Lipinski definition) is 4. The zero-order chi connectivity index (χ0) is 14.9. The van der Waals surface area contributed by atoms with Crippen LogP contribution in [0.4, 0.5) is 0 Å². The van der Waals surface area contributed by atoms with E-state index in [1.165, 1.54) is 28.4 Å². The van der Waals surface area contributed by atoms with Gasteiger partial charge in [-0.3, -0.25) is 4.79 Å². The molecule has 4 nitrogen and oxygen atoms in total. The van der Waals surface area contributed by atoms with Gasteiger partial charge in [0.1, 0.15) is 10.8 Å². The summed E-state index contributed by atoms with van der Waals surface area (Å²) in [4.78, 5) is 18.9. The molecule has 7 heteroatoms. The Morgan fingerprint density at radius 3 is 2.75 bits per heavy atom. The third-order valence-electron chi connectivity index (χ3n) is 2.71. The van der Waals surface area contributed by atoms with Crippen LogP contribution < -0.4 is 0 Å². The average Bonchev–Trinajstić information content (AvgIpc) is 2.81. The van der Waals surface area contributed by atoms with Crippen LogP contribution in [-0.4, -0.2) is 27.9 Å². The predicted octanol–water partition coefficient (Wildman–Crippen LogP) is 3.74. The number of rotatable bonds is 3. The molecule has 0 bridgehead atoms. The maximum atomic E-state index is 12.3. The fourth-order valence-electron chi connectivity index (χ4n) is 1.70. The molecule has 1 aromatic heterocycles. The number of halogens is 2. The molecule has 0 fully saturated rings. The van der Waals surface area contributed by atoms with E-state index in [0.717, 1.165) is 9.88 Å². The molecule has 1 amide bonds. The van der Waals surface area contributed by atoms with E-state index in [2.05, 4.69) is 4.98 Å². The quantitative estimate of drug-likeness (QED) is 0.932. The summed E-state index contributed by atoms with van der Waals surface area (Å²) in [7, 11) is 1.65. The van der Waals surface area contributed by atoms with Gasteiger partial charge in [0.05, 0.1) is 22.1 Å². The van der Waals surface area contributed by atoms with E-state index >= 15 is 0 Å². The van der Waals surface area contributed by atoms with Crippen LogP contribution in [0.15, 0.2) is 18.3 Å². The fraction of sp³-hybridized carbons (Fsp3) is 0.231. The highest BCUT2D eigenvalue weighted by Gasteiger charge is 2.19. The number of aryl methyl sites for hydroxylation is 1. The average molecular weight is 331 g/mol. The summed E-state index contributed by atoms with van der Waals surface area (Å²) in [6.45, 7) is 2.32. The first-order chi connectivity index (χ1) is 9.40. The van der Waals surface area contributed by atoms with E-state index in [-0.39, 0.29) is 27.3 Å². The Kier molecular flexibility index (Phi) is 4.52. The summed E-state index contributed by atoms with van der Waals surface area (Å²) in [5.41, 5.74) is 0.128. The van der Waals surface area contributed by atoms with Crippen LogP contribution in [-0.2, 0) is 6.54 Å². The zero-order valence-corrected chi connectivity index (χ0v) is 13.2. The molecule has 0 aliphatic carbocycles. The second kappa shape index (κ2) is 5.99. The SMILES string of the molecule is Cc1ncc(CN(C)C(=O)c2ccc(Cl)c(Cl)c2O)s1. The normalized spacial score (nSPS) is 10.6. The van der Waals surface area contributed by atoms with E-state index in [1.54, 1.807) is 13.2 Å². The summed E-state index contributed by atoms with van der Waals surface area (Å²) in [5.74, 6) is -0.622. The van der Waals surface area contributed by atoms with E-state index in [0.29, 0.717) is 6.54 Å². The maximum absolute atomic E-state index is 12.3. The lowest BCUT2D eigenvalue weighted by Crippen LogP contribution is -2.25. The van der Waals surface area contributed by atoms with Crippen molar-refractivity contribution in [1.82, 2.24) is 9.88 Å². The number of hydrogen-bond donors (Lipinski definition) is 1. The first-order valence-electron chi connectivity index (χ1n) is 5.74. The minimum Gasteiger partial charge on any atom is -0.505 e. The molecule has 0 saturated carbocycles. The van der Waals surface area contributed by atoms with Crippen molar-refractivity contribution >= 4 is 40.4 Å². The van der Waals surface area contributed by atoms with Gasteiger partial charge in [0, 0.05) is 18.1 Å². The van der Waals surface area contributed by atoms with Crippen molar-refractivity contribution in [2.45, 2.75) is 13.5 Å². The van der Waals surface area contributed by atoms with Crippen LogP contribution in [0, 0.1) is 6.92 Å². The van der Waals surface area contributed by atoms with Gasteiger partial charge in [0.2, 0.25) is 0 Å². The Hall–Kier alpha value is -1.30. The van der Waals surface area contributed by atoms with Crippen LogP contribution in [0.1, 0.15) is 20.2 Å². The Morgan fingerprint density at radius 2 is 2.15 bits per heavy atom. The molecule has 1 N–H and O–H groups in total. The molecule has 0 aliphatic rings. The van der Waals surface area contributed by atoms with Gasteiger partial charge in [-0.25, -0.2) is 4.98 Å². The summed E-state index contributed by atoms with van der Waals surface area (Å²) >= 11 is 13.1. The number of thiazole rings is 1. The maximum Gasteiger partial charge on any atom is 0.257 e. The summed E-state index contributed by atoms with van der Waals surface area (Å²) < 4.78 is 0. The van der Waals surface area contributed by atoms with E-state index in [9.17, 15) is 9.90 Å². The standard InChI is InChI=1S/C13H12Cl2N2O2S/c1-7-16-5-8(20-7)6-17(2)13(19)9-3-4-10(14)11(15)12(9)18/h3-5,18H,6H2,1-2H3. The number of carbonyl (C=O) groups excluding carboxylic acids is 1. The predicted molar refractivity (Wildman–Crippen MR) is 80.8 cm³/mol. The number of aromatic hydroxyl groups is 1. The first kappa shape index (κ1) is 15.1. The van der Waals surface area contributed by atoms with Crippen LogP contribution in [0.2, 0.25) is 10.0 Å². The number of benzene rings is 1. The number of amides is 1. The van der Waals surface area contributed by atoms with Gasteiger partial charge >= 0.3 is 0 Å². The number of aromatic nitrogens is 1. The molecule has 1 aromatic carbocycles. The molecule has 0 spiro atoms. The molecule has 0 aliphatic heterocycles. The van der Waals surface area contributed by atoms with E-state index in [1.807, 2.05) is 6.92 Å². The minimum atomic E-state index is -0.327. The van der Waals surface area contributed by atoms with Crippen LogP contribution >= 0.6 is 34.5 Å². The van der Waals surface area contributed by atoms with Crippen molar-refractivity contribution in [2.75, 3.05) is 7.05 Å². The summed E-state index contributed by atoms with van der Waals surface area (Å²) in [5, 5.41) is 11.0. The van der Waals surface area contributed by atoms with Crippen LogP contribution in [0.5, 0.6) is 5.75 Å². The van der Waals surface area contributed by atoms with Gasteiger partial charge in [-0.15, -0.1) is 11.3 Å². The van der Waals surface area contributed by atoms with Crippen molar-refractivity contribution in [1.29, 1.82) is 0 Å². The molecule has 2 rings (SSSR count). The highest BCUT2D eigenvalue weighted by Crippen LogP contribution is 2.34. The Labute approximate surface area is 130 Å². The largest absolute Gasteiger partial charge is 0.505 e. The van der Waals surface area contributed by atoms with Crippen molar-refractivity contribution in [3.63, 3.8) is 0 Å². The van der Waals surface area contributed by atoms with Crippen molar-refractivity contribution in [2.24, 2.45) is 0 Å². The summed E-state index contributed by atoms with van der Waals surface area (Å²) in [6.07, 6.45) is 1.73. The molecule has 2 aromatic rings. The Balaban J connectivity index is 2.21. The fourth-order valence-corrected chi connectivity index (χ4v) is 2.87. The third-order valence-corrected chi connectivity index (χ3v) is 4.40.